The lowest BCUT2D eigenvalue weighted by molar-refractivity contribution is 0.599. The van der Waals surface area contributed by atoms with Gasteiger partial charge in [-0.1, -0.05) is 24.4 Å². The molecule has 1 heterocycles. The number of thiocarbonyl (C=S) groups is 1. The van der Waals surface area contributed by atoms with Crippen LogP contribution in [0.15, 0.2) is 24.3 Å². The van der Waals surface area contributed by atoms with E-state index >= 15 is 0 Å². The van der Waals surface area contributed by atoms with Gasteiger partial charge in [-0.3, -0.25) is 4.31 Å². The molecule has 1 aromatic carbocycles. The van der Waals surface area contributed by atoms with Crippen LogP contribution in [0.2, 0.25) is 0 Å². The molecule has 2 rings (SSSR count). The van der Waals surface area contributed by atoms with Crippen molar-refractivity contribution in [1.29, 1.82) is 0 Å². The first-order chi connectivity index (χ1) is 7.50. The van der Waals surface area contributed by atoms with Crippen LogP contribution >= 0.6 is 12.2 Å². The minimum absolute atomic E-state index is 0.213. The molecule has 1 fully saturated rings. The Kier molecular flexibility index (Phi) is 2.86. The summed E-state index contributed by atoms with van der Waals surface area (Å²) in [6, 6.07) is 7.00. The molecular weight excluding hydrogens is 244 g/mol. The fourth-order valence-electron chi connectivity index (χ4n) is 1.74. The first-order valence-electron chi connectivity index (χ1n) is 4.91. The van der Waals surface area contributed by atoms with E-state index in [0.29, 0.717) is 24.2 Å². The molecule has 0 spiro atoms. The SMILES string of the molecule is NC(=S)c1cccc(N2CCCS2(=O)=O)c1. The van der Waals surface area contributed by atoms with E-state index in [-0.39, 0.29) is 10.7 Å². The lowest BCUT2D eigenvalue weighted by atomic mass is 10.2. The van der Waals surface area contributed by atoms with Gasteiger partial charge in [-0.15, -0.1) is 0 Å². The summed E-state index contributed by atoms with van der Waals surface area (Å²) in [4.78, 5) is 0.276. The first kappa shape index (κ1) is 11.3. The number of hydrogen-bond acceptors (Lipinski definition) is 3. The Balaban J connectivity index is 2.41. The van der Waals surface area contributed by atoms with Crippen molar-refractivity contribution >= 4 is 32.9 Å². The second-order valence-corrected chi connectivity index (χ2v) is 6.11. The van der Waals surface area contributed by atoms with Crippen molar-refractivity contribution in [2.24, 2.45) is 5.73 Å². The maximum atomic E-state index is 11.7. The van der Waals surface area contributed by atoms with E-state index in [1.54, 1.807) is 24.3 Å². The Morgan fingerprint density at radius 1 is 1.44 bits per heavy atom. The number of hydrogen-bond donors (Lipinski definition) is 1. The summed E-state index contributed by atoms with van der Waals surface area (Å²) >= 11 is 4.86. The number of nitrogens with two attached hydrogens (primary N) is 1. The average molecular weight is 256 g/mol. The Morgan fingerprint density at radius 3 is 2.75 bits per heavy atom. The molecule has 1 aliphatic rings. The topological polar surface area (TPSA) is 63.4 Å². The molecule has 0 bridgehead atoms. The molecule has 1 aliphatic heterocycles. The zero-order valence-electron chi connectivity index (χ0n) is 8.59. The summed E-state index contributed by atoms with van der Waals surface area (Å²) in [5.41, 5.74) is 6.84. The first-order valence-corrected chi connectivity index (χ1v) is 6.93. The predicted molar refractivity (Wildman–Crippen MR) is 68.1 cm³/mol. The largest absolute Gasteiger partial charge is 0.389 e. The lowest BCUT2D eigenvalue weighted by Gasteiger charge is -2.17. The van der Waals surface area contributed by atoms with Crippen LogP contribution in [-0.2, 0) is 10.0 Å². The third-order valence-corrected chi connectivity index (χ3v) is 4.62. The highest BCUT2D eigenvalue weighted by Crippen LogP contribution is 2.24. The van der Waals surface area contributed by atoms with Gasteiger partial charge in [0.05, 0.1) is 11.4 Å². The van der Waals surface area contributed by atoms with Gasteiger partial charge in [0.15, 0.2) is 0 Å². The highest BCUT2D eigenvalue weighted by Gasteiger charge is 2.28. The highest BCUT2D eigenvalue weighted by molar-refractivity contribution is 7.93. The second kappa shape index (κ2) is 4.03. The van der Waals surface area contributed by atoms with Crippen molar-refractivity contribution in [2.45, 2.75) is 6.42 Å². The van der Waals surface area contributed by atoms with Crippen molar-refractivity contribution in [3.05, 3.63) is 29.8 Å². The van der Waals surface area contributed by atoms with Gasteiger partial charge in [0, 0.05) is 12.1 Å². The van der Waals surface area contributed by atoms with Crippen LogP contribution in [0.25, 0.3) is 0 Å². The van der Waals surface area contributed by atoms with Gasteiger partial charge in [0.25, 0.3) is 0 Å². The van der Waals surface area contributed by atoms with Crippen molar-refractivity contribution < 1.29 is 8.42 Å². The normalized spacial score (nSPS) is 18.6. The van der Waals surface area contributed by atoms with Gasteiger partial charge in [0.2, 0.25) is 10.0 Å². The van der Waals surface area contributed by atoms with E-state index in [0.717, 1.165) is 0 Å². The number of nitrogens with zero attached hydrogens (tertiary/aromatic N) is 1. The van der Waals surface area contributed by atoms with Crippen LogP contribution in [0, 0.1) is 0 Å². The smallest absolute Gasteiger partial charge is 0.235 e. The summed E-state index contributed by atoms with van der Waals surface area (Å²) in [5.74, 6) is 0.213. The van der Waals surface area contributed by atoms with E-state index in [9.17, 15) is 8.42 Å². The Hall–Kier alpha value is -1.14. The van der Waals surface area contributed by atoms with Crippen LogP contribution in [0.1, 0.15) is 12.0 Å². The van der Waals surface area contributed by atoms with Crippen LogP contribution in [0.3, 0.4) is 0 Å². The van der Waals surface area contributed by atoms with Gasteiger partial charge < -0.3 is 5.73 Å². The molecule has 0 amide bonds. The van der Waals surface area contributed by atoms with Gasteiger partial charge in [-0.25, -0.2) is 8.42 Å². The summed E-state index contributed by atoms with van der Waals surface area (Å²) < 4.78 is 24.8. The summed E-state index contributed by atoms with van der Waals surface area (Å²) in [7, 11) is -3.13. The van der Waals surface area contributed by atoms with Crippen LogP contribution in [0.4, 0.5) is 5.69 Å². The maximum Gasteiger partial charge on any atom is 0.235 e. The molecule has 86 valence electrons. The summed E-state index contributed by atoms with van der Waals surface area (Å²) in [5, 5.41) is 0. The van der Waals surface area contributed by atoms with Gasteiger partial charge >= 0.3 is 0 Å². The van der Waals surface area contributed by atoms with Gasteiger partial charge in [-0.2, -0.15) is 0 Å². The van der Waals surface area contributed by atoms with Gasteiger partial charge in [-0.05, 0) is 18.6 Å². The molecule has 4 nitrogen and oxygen atoms in total. The summed E-state index contributed by atoms with van der Waals surface area (Å²) in [6.07, 6.45) is 0.666. The second-order valence-electron chi connectivity index (χ2n) is 3.66. The zero-order valence-corrected chi connectivity index (χ0v) is 10.2. The molecule has 0 radical (unpaired) electrons. The van der Waals surface area contributed by atoms with Crippen LogP contribution in [-0.4, -0.2) is 25.7 Å². The molecule has 0 saturated carbocycles. The molecule has 0 aromatic heterocycles. The molecule has 0 atom stereocenters. The minimum atomic E-state index is -3.13. The quantitative estimate of drug-likeness (QED) is 0.797. The van der Waals surface area contributed by atoms with E-state index < -0.39 is 10.0 Å². The van der Waals surface area contributed by atoms with Gasteiger partial charge in [0.1, 0.15) is 4.99 Å². The van der Waals surface area contributed by atoms with E-state index in [4.69, 9.17) is 18.0 Å². The number of sulfonamides is 1. The molecule has 1 aromatic rings. The molecular formula is C10H12N2O2S2. The summed E-state index contributed by atoms with van der Waals surface area (Å²) in [6.45, 7) is 0.531. The average Bonchev–Trinajstić information content (AvgIpc) is 2.58. The van der Waals surface area contributed by atoms with Crippen LogP contribution in [0.5, 0.6) is 0 Å². The van der Waals surface area contributed by atoms with Crippen LogP contribution < -0.4 is 10.0 Å². The minimum Gasteiger partial charge on any atom is -0.389 e. The molecule has 1 saturated heterocycles. The zero-order chi connectivity index (χ0) is 11.8. The molecule has 0 aliphatic carbocycles. The number of rotatable bonds is 2. The Labute approximate surface area is 100 Å². The van der Waals surface area contributed by atoms with Crippen molar-refractivity contribution in [3.63, 3.8) is 0 Å². The van der Waals surface area contributed by atoms with E-state index in [1.165, 1.54) is 4.31 Å². The Morgan fingerprint density at radius 2 is 2.19 bits per heavy atom. The molecule has 0 unspecified atom stereocenters. The fourth-order valence-corrected chi connectivity index (χ4v) is 3.43. The standard InChI is InChI=1S/C10H12N2O2S2/c11-10(15)8-3-1-4-9(7-8)12-5-2-6-16(12,13)14/h1,3-4,7H,2,5-6H2,(H2,11,15). The van der Waals surface area contributed by atoms with Crippen molar-refractivity contribution in [2.75, 3.05) is 16.6 Å². The third kappa shape index (κ3) is 2.03. The third-order valence-electron chi connectivity index (χ3n) is 2.52. The van der Waals surface area contributed by atoms with E-state index in [2.05, 4.69) is 0 Å². The number of anilines is 1. The predicted octanol–water partition coefficient (Wildman–Crippen LogP) is 0.861. The highest BCUT2D eigenvalue weighted by atomic mass is 32.2. The Bertz CT molecular complexity index is 525. The maximum absolute atomic E-state index is 11.7. The lowest BCUT2D eigenvalue weighted by Crippen LogP contribution is -2.25. The van der Waals surface area contributed by atoms with E-state index in [1.807, 2.05) is 0 Å². The number of benzene rings is 1. The van der Waals surface area contributed by atoms with Crippen molar-refractivity contribution in [3.8, 4) is 0 Å². The molecule has 16 heavy (non-hydrogen) atoms. The monoisotopic (exact) mass is 256 g/mol. The van der Waals surface area contributed by atoms with Crippen molar-refractivity contribution in [1.82, 2.24) is 0 Å². The molecule has 2 N–H and O–H groups in total. The molecule has 6 heteroatoms. The fraction of sp³-hybridized carbons (Fsp3) is 0.300.